The van der Waals surface area contributed by atoms with E-state index in [0.717, 1.165) is 6.07 Å². The molecule has 0 spiro atoms. The highest BCUT2D eigenvalue weighted by Gasteiger charge is 2.26. The largest absolute Gasteiger partial charge is 0.493 e. The fourth-order valence-electron chi connectivity index (χ4n) is 3.67. The van der Waals surface area contributed by atoms with Crippen molar-refractivity contribution in [1.82, 2.24) is 9.73 Å². The van der Waals surface area contributed by atoms with Crippen LogP contribution in [0.5, 0.6) is 11.5 Å². The van der Waals surface area contributed by atoms with E-state index in [1.54, 1.807) is 23.1 Å². The molecule has 36 heavy (non-hydrogen) atoms. The summed E-state index contributed by atoms with van der Waals surface area (Å²) in [4.78, 5) is 26.4. The minimum absolute atomic E-state index is 0.0515. The summed E-state index contributed by atoms with van der Waals surface area (Å²) >= 11 is 0. The van der Waals surface area contributed by atoms with Gasteiger partial charge in [-0.25, -0.2) is 4.83 Å². The van der Waals surface area contributed by atoms with Gasteiger partial charge in [0.25, 0.3) is 21.6 Å². The van der Waals surface area contributed by atoms with E-state index in [4.69, 9.17) is 14.2 Å². The fraction of sp³-hybridized carbons (Fsp3) is 0.391. The number of amides is 1. The fourth-order valence-corrected chi connectivity index (χ4v) is 4.48. The van der Waals surface area contributed by atoms with Gasteiger partial charge in [0.15, 0.2) is 18.1 Å². The summed E-state index contributed by atoms with van der Waals surface area (Å²) in [6.07, 6.45) is 1.14. The number of sulfonamides is 1. The van der Waals surface area contributed by atoms with Crippen molar-refractivity contribution in [2.75, 3.05) is 26.8 Å². The lowest BCUT2D eigenvalue weighted by molar-refractivity contribution is -0.385. The molecule has 1 N–H and O–H groups in total. The predicted octanol–water partition coefficient (Wildman–Crippen LogP) is 2.24. The van der Waals surface area contributed by atoms with E-state index in [1.807, 2.05) is 18.7 Å². The highest BCUT2D eigenvalue weighted by Crippen LogP contribution is 2.28. The van der Waals surface area contributed by atoms with E-state index in [2.05, 4.69) is 5.10 Å². The molecule has 13 heteroatoms. The number of benzene rings is 2. The zero-order valence-corrected chi connectivity index (χ0v) is 21.1. The number of morpholine rings is 1. The number of nitro groups is 1. The van der Waals surface area contributed by atoms with Gasteiger partial charge in [-0.05, 0) is 50.6 Å². The molecule has 1 aliphatic rings. The minimum atomic E-state index is -4.12. The van der Waals surface area contributed by atoms with E-state index in [-0.39, 0.29) is 35.3 Å². The molecule has 12 nitrogen and oxygen atoms in total. The van der Waals surface area contributed by atoms with Crippen LogP contribution in [0.1, 0.15) is 25.0 Å². The predicted molar refractivity (Wildman–Crippen MR) is 131 cm³/mol. The van der Waals surface area contributed by atoms with Gasteiger partial charge >= 0.3 is 0 Å². The molecular formula is C23H28N4O8S. The van der Waals surface area contributed by atoms with E-state index >= 15 is 0 Å². The second kappa shape index (κ2) is 11.4. The molecule has 1 saturated heterocycles. The number of ether oxygens (including phenoxy) is 3. The van der Waals surface area contributed by atoms with E-state index in [1.165, 1.54) is 32.4 Å². The molecule has 0 radical (unpaired) electrons. The molecule has 194 valence electrons. The van der Waals surface area contributed by atoms with Crippen LogP contribution in [0.3, 0.4) is 0 Å². The maximum atomic E-state index is 12.5. The molecular weight excluding hydrogens is 492 g/mol. The molecule has 2 atom stereocenters. The molecule has 0 unspecified atom stereocenters. The maximum Gasteiger partial charge on any atom is 0.276 e. The molecule has 3 rings (SSSR count). The van der Waals surface area contributed by atoms with Crippen LogP contribution in [0.25, 0.3) is 0 Å². The summed E-state index contributed by atoms with van der Waals surface area (Å²) in [6.45, 7) is 6.14. The molecule has 0 saturated carbocycles. The van der Waals surface area contributed by atoms with Crippen molar-refractivity contribution in [2.45, 2.75) is 37.9 Å². The topological polar surface area (TPSA) is 150 Å². The normalized spacial score (nSPS) is 18.2. The first-order valence-corrected chi connectivity index (χ1v) is 12.5. The number of carbonyl (C=O) groups excluding carboxylic acids is 1. The number of carbonyl (C=O) groups is 1. The average Bonchev–Trinajstić information content (AvgIpc) is 2.82. The van der Waals surface area contributed by atoms with Gasteiger partial charge in [-0.2, -0.15) is 13.5 Å². The monoisotopic (exact) mass is 520 g/mol. The Bertz CT molecular complexity index is 1250. The number of nitrogens with one attached hydrogen (secondary N) is 1. The third kappa shape index (κ3) is 6.70. The van der Waals surface area contributed by atoms with Crippen LogP contribution in [-0.2, 0) is 19.6 Å². The molecule has 1 fully saturated rings. The summed E-state index contributed by atoms with van der Waals surface area (Å²) in [7, 11) is -2.69. The SMILES string of the molecule is COc1cc(/C=N\NS(=O)(=O)c2ccc(C)c([N+](=O)[O-])c2)ccc1OCC(=O)N1C[C@@H](C)O[C@@H](C)C1. The van der Waals surface area contributed by atoms with Crippen molar-refractivity contribution >= 4 is 27.8 Å². The second-order valence-corrected chi connectivity index (χ2v) is 9.97. The molecule has 0 bridgehead atoms. The van der Waals surface area contributed by atoms with Crippen molar-refractivity contribution in [3.63, 3.8) is 0 Å². The van der Waals surface area contributed by atoms with Gasteiger partial charge in [0.05, 0.1) is 35.4 Å². The summed E-state index contributed by atoms with van der Waals surface area (Å²) in [6, 6.07) is 8.33. The van der Waals surface area contributed by atoms with Gasteiger partial charge in [-0.15, -0.1) is 0 Å². The third-order valence-electron chi connectivity index (χ3n) is 5.39. The van der Waals surface area contributed by atoms with E-state index in [0.29, 0.717) is 35.7 Å². The number of aryl methyl sites for hydroxylation is 1. The molecule has 0 aromatic heterocycles. The Kier molecular flexibility index (Phi) is 8.48. The Morgan fingerprint density at radius 1 is 1.22 bits per heavy atom. The third-order valence-corrected chi connectivity index (χ3v) is 6.61. The number of methoxy groups -OCH3 is 1. The molecule has 2 aromatic carbocycles. The zero-order valence-electron chi connectivity index (χ0n) is 20.3. The summed E-state index contributed by atoms with van der Waals surface area (Å²) < 4.78 is 41.6. The second-order valence-electron chi connectivity index (χ2n) is 8.31. The molecule has 1 aliphatic heterocycles. The van der Waals surface area contributed by atoms with E-state index in [9.17, 15) is 23.3 Å². The van der Waals surface area contributed by atoms with Crippen LogP contribution in [0.4, 0.5) is 5.69 Å². The van der Waals surface area contributed by atoms with Crippen LogP contribution in [0.15, 0.2) is 46.4 Å². The van der Waals surface area contributed by atoms with Crippen molar-refractivity contribution in [3.05, 3.63) is 57.6 Å². The number of nitrogens with zero attached hydrogens (tertiary/aromatic N) is 3. The van der Waals surface area contributed by atoms with Crippen LogP contribution in [0.2, 0.25) is 0 Å². The molecule has 1 heterocycles. The zero-order chi connectivity index (χ0) is 26.5. The summed E-state index contributed by atoms with van der Waals surface area (Å²) in [5.41, 5.74) is 0.518. The number of rotatable bonds is 9. The van der Waals surface area contributed by atoms with Crippen LogP contribution >= 0.6 is 0 Å². The van der Waals surface area contributed by atoms with Crippen LogP contribution in [-0.4, -0.2) is 69.4 Å². The standard InChI is InChI=1S/C23H28N4O8S/c1-15-5-7-19(10-20(15)27(29)30)36(31,32)25-24-11-18-6-8-21(22(9-18)33-4)34-14-23(28)26-12-16(2)35-17(3)13-26/h5-11,16-17,25H,12-14H2,1-4H3/b24-11-/t16-,17+. The Morgan fingerprint density at radius 3 is 2.56 bits per heavy atom. The lowest BCUT2D eigenvalue weighted by Crippen LogP contribution is -2.49. The first-order valence-electron chi connectivity index (χ1n) is 11.0. The molecule has 2 aromatic rings. The average molecular weight is 521 g/mol. The summed E-state index contributed by atoms with van der Waals surface area (Å²) in [5, 5.41) is 14.8. The van der Waals surface area contributed by atoms with Crippen LogP contribution in [0, 0.1) is 17.0 Å². The Labute approximate surface area is 209 Å². The van der Waals surface area contributed by atoms with Crippen molar-refractivity contribution in [3.8, 4) is 11.5 Å². The summed E-state index contributed by atoms with van der Waals surface area (Å²) in [5.74, 6) is 0.493. The number of hydrogen-bond donors (Lipinski definition) is 1. The highest BCUT2D eigenvalue weighted by molar-refractivity contribution is 7.89. The van der Waals surface area contributed by atoms with Crippen LogP contribution < -0.4 is 14.3 Å². The Hall–Kier alpha value is -3.71. The molecule has 0 aliphatic carbocycles. The Balaban J connectivity index is 1.64. The van der Waals surface area contributed by atoms with E-state index < -0.39 is 14.9 Å². The number of hydrogen-bond acceptors (Lipinski definition) is 9. The van der Waals surface area contributed by atoms with Gasteiger partial charge < -0.3 is 19.1 Å². The molecule has 1 amide bonds. The quantitative estimate of drug-likeness (QED) is 0.300. The number of hydrazone groups is 1. The number of nitro benzene ring substituents is 1. The smallest absolute Gasteiger partial charge is 0.276 e. The maximum absolute atomic E-state index is 12.5. The lowest BCUT2D eigenvalue weighted by atomic mass is 10.2. The Morgan fingerprint density at radius 2 is 1.92 bits per heavy atom. The van der Waals surface area contributed by atoms with Gasteiger partial charge in [0.2, 0.25) is 0 Å². The highest BCUT2D eigenvalue weighted by atomic mass is 32.2. The first kappa shape index (κ1) is 26.9. The van der Waals surface area contributed by atoms with Gasteiger partial charge in [-0.1, -0.05) is 6.07 Å². The first-order chi connectivity index (χ1) is 17.0. The van der Waals surface area contributed by atoms with Crippen molar-refractivity contribution < 1.29 is 32.3 Å². The lowest BCUT2D eigenvalue weighted by Gasteiger charge is -2.35. The van der Waals surface area contributed by atoms with Gasteiger partial charge in [-0.3, -0.25) is 14.9 Å². The minimum Gasteiger partial charge on any atom is -0.493 e. The van der Waals surface area contributed by atoms with Gasteiger partial charge in [0, 0.05) is 24.7 Å². The van der Waals surface area contributed by atoms with Crippen molar-refractivity contribution in [2.24, 2.45) is 5.10 Å². The van der Waals surface area contributed by atoms with Gasteiger partial charge in [0.1, 0.15) is 0 Å². The van der Waals surface area contributed by atoms with Crippen molar-refractivity contribution in [1.29, 1.82) is 0 Å².